The van der Waals surface area contributed by atoms with E-state index >= 15 is 0 Å². The molecule has 0 heterocycles. The number of amides is 1. The molecule has 2 aromatic carbocycles. The van der Waals surface area contributed by atoms with Gasteiger partial charge in [0.15, 0.2) is 0 Å². The first kappa shape index (κ1) is 15.9. The number of rotatable bonds is 5. The monoisotopic (exact) mass is 305 g/mol. The second-order valence-corrected chi connectivity index (χ2v) is 4.92. The Balaban J connectivity index is 2.02. The van der Waals surface area contributed by atoms with Gasteiger partial charge in [0.25, 0.3) is 5.91 Å². The van der Waals surface area contributed by atoms with Crippen molar-refractivity contribution < 1.29 is 18.3 Å². The van der Waals surface area contributed by atoms with E-state index in [1.165, 1.54) is 6.07 Å². The lowest BCUT2D eigenvalue weighted by Crippen LogP contribution is -2.27. The van der Waals surface area contributed by atoms with Crippen molar-refractivity contribution in [1.82, 2.24) is 5.32 Å². The number of aryl methyl sites for hydroxylation is 1. The van der Waals surface area contributed by atoms with Gasteiger partial charge >= 0.3 is 0 Å². The molecule has 0 bridgehead atoms. The molecular formula is C17H17F2NO2. The Labute approximate surface area is 127 Å². The van der Waals surface area contributed by atoms with Gasteiger partial charge in [-0.25, -0.2) is 8.78 Å². The van der Waals surface area contributed by atoms with E-state index < -0.39 is 23.1 Å². The molecule has 0 atom stereocenters. The van der Waals surface area contributed by atoms with E-state index in [0.717, 1.165) is 29.0 Å². The number of hydrogen-bond acceptors (Lipinski definition) is 2. The van der Waals surface area contributed by atoms with E-state index in [2.05, 4.69) is 5.32 Å². The highest BCUT2D eigenvalue weighted by molar-refractivity contribution is 5.94. The summed E-state index contributed by atoms with van der Waals surface area (Å²) in [7, 11) is 1.57. The van der Waals surface area contributed by atoms with Crippen molar-refractivity contribution in [3.05, 3.63) is 64.7 Å². The first-order valence-corrected chi connectivity index (χ1v) is 6.88. The van der Waals surface area contributed by atoms with Gasteiger partial charge in [0.05, 0.1) is 7.11 Å². The van der Waals surface area contributed by atoms with Crippen LogP contribution in [-0.2, 0) is 6.42 Å². The van der Waals surface area contributed by atoms with Gasteiger partial charge in [-0.3, -0.25) is 4.79 Å². The third-order valence-electron chi connectivity index (χ3n) is 3.31. The molecule has 0 fully saturated rings. The second kappa shape index (κ2) is 7.02. The van der Waals surface area contributed by atoms with Crippen LogP contribution in [-0.4, -0.2) is 19.6 Å². The van der Waals surface area contributed by atoms with Crippen LogP contribution in [0, 0.1) is 18.6 Å². The van der Waals surface area contributed by atoms with Crippen LogP contribution in [0.15, 0.2) is 36.4 Å². The highest BCUT2D eigenvalue weighted by Crippen LogP contribution is 2.20. The summed E-state index contributed by atoms with van der Waals surface area (Å²) >= 11 is 0. The summed E-state index contributed by atoms with van der Waals surface area (Å²) in [4.78, 5) is 11.9. The fourth-order valence-corrected chi connectivity index (χ4v) is 2.22. The number of nitrogens with one attached hydrogen (secondary N) is 1. The van der Waals surface area contributed by atoms with E-state index in [0.29, 0.717) is 6.42 Å². The number of methoxy groups -OCH3 is 1. The first-order chi connectivity index (χ1) is 10.5. The summed E-state index contributed by atoms with van der Waals surface area (Å²) in [6.45, 7) is 2.21. The van der Waals surface area contributed by atoms with E-state index in [1.807, 2.05) is 25.1 Å². The summed E-state index contributed by atoms with van der Waals surface area (Å²) in [5.74, 6) is -1.78. The number of hydrogen-bond donors (Lipinski definition) is 1. The Kier molecular flexibility index (Phi) is 5.09. The Morgan fingerprint density at radius 2 is 1.86 bits per heavy atom. The molecule has 5 heteroatoms. The minimum atomic E-state index is -0.870. The van der Waals surface area contributed by atoms with E-state index in [1.54, 1.807) is 7.11 Å². The lowest BCUT2D eigenvalue weighted by Gasteiger charge is -2.11. The highest BCUT2D eigenvalue weighted by atomic mass is 19.1. The SMILES string of the molecule is COc1ccc(C)cc1CCNC(=O)c1c(F)cccc1F. The lowest BCUT2D eigenvalue weighted by atomic mass is 10.1. The normalized spacial score (nSPS) is 10.4. The van der Waals surface area contributed by atoms with Crippen LogP contribution in [0.25, 0.3) is 0 Å². The summed E-state index contributed by atoms with van der Waals surface area (Å²) in [6.07, 6.45) is 0.507. The lowest BCUT2D eigenvalue weighted by molar-refractivity contribution is 0.0945. The molecule has 0 saturated heterocycles. The van der Waals surface area contributed by atoms with Crippen molar-refractivity contribution in [1.29, 1.82) is 0 Å². The van der Waals surface area contributed by atoms with E-state index in [4.69, 9.17) is 4.74 Å². The van der Waals surface area contributed by atoms with E-state index in [-0.39, 0.29) is 6.54 Å². The molecule has 22 heavy (non-hydrogen) atoms. The average molecular weight is 305 g/mol. The predicted molar refractivity (Wildman–Crippen MR) is 80.1 cm³/mol. The molecule has 1 N–H and O–H groups in total. The van der Waals surface area contributed by atoms with Crippen LogP contribution in [0.1, 0.15) is 21.5 Å². The zero-order valence-corrected chi connectivity index (χ0v) is 12.5. The average Bonchev–Trinajstić information content (AvgIpc) is 2.47. The number of carbonyl (C=O) groups excluding carboxylic acids is 1. The van der Waals surface area contributed by atoms with Gasteiger partial charge in [-0.1, -0.05) is 23.8 Å². The first-order valence-electron chi connectivity index (χ1n) is 6.88. The zero-order valence-electron chi connectivity index (χ0n) is 12.5. The molecular weight excluding hydrogens is 288 g/mol. The van der Waals surface area contributed by atoms with Gasteiger partial charge in [0.2, 0.25) is 0 Å². The van der Waals surface area contributed by atoms with Crippen LogP contribution >= 0.6 is 0 Å². The minimum Gasteiger partial charge on any atom is -0.496 e. The second-order valence-electron chi connectivity index (χ2n) is 4.92. The fraction of sp³-hybridized carbons (Fsp3) is 0.235. The molecule has 2 aromatic rings. The van der Waals surface area contributed by atoms with Crippen molar-refractivity contribution in [3.8, 4) is 5.75 Å². The maximum atomic E-state index is 13.5. The fourth-order valence-electron chi connectivity index (χ4n) is 2.22. The molecule has 2 rings (SSSR count). The van der Waals surface area contributed by atoms with Gasteiger partial charge in [0, 0.05) is 6.54 Å². The van der Waals surface area contributed by atoms with Crippen LogP contribution in [0.4, 0.5) is 8.78 Å². The van der Waals surface area contributed by atoms with Crippen LogP contribution in [0.3, 0.4) is 0 Å². The molecule has 0 radical (unpaired) electrons. The molecule has 0 unspecified atom stereocenters. The molecule has 0 saturated carbocycles. The van der Waals surface area contributed by atoms with Gasteiger partial charge in [-0.15, -0.1) is 0 Å². The number of halogens is 2. The summed E-state index contributed by atoms with van der Waals surface area (Å²) < 4.78 is 32.3. The Morgan fingerprint density at radius 3 is 2.50 bits per heavy atom. The minimum absolute atomic E-state index is 0.256. The molecule has 116 valence electrons. The van der Waals surface area contributed by atoms with Crippen molar-refractivity contribution in [2.45, 2.75) is 13.3 Å². The maximum absolute atomic E-state index is 13.5. The van der Waals surface area contributed by atoms with Crippen LogP contribution in [0.2, 0.25) is 0 Å². The Bertz CT molecular complexity index is 666. The van der Waals surface area contributed by atoms with E-state index in [9.17, 15) is 13.6 Å². The van der Waals surface area contributed by atoms with Gasteiger partial charge in [-0.2, -0.15) is 0 Å². The molecule has 1 amide bonds. The smallest absolute Gasteiger partial charge is 0.257 e. The summed E-state index contributed by atoms with van der Waals surface area (Å²) in [6, 6.07) is 9.07. The molecule has 0 aromatic heterocycles. The van der Waals surface area contributed by atoms with Crippen molar-refractivity contribution in [3.63, 3.8) is 0 Å². The van der Waals surface area contributed by atoms with Gasteiger partial charge in [0.1, 0.15) is 22.9 Å². The number of carbonyl (C=O) groups is 1. The van der Waals surface area contributed by atoms with Crippen molar-refractivity contribution >= 4 is 5.91 Å². The number of benzene rings is 2. The molecule has 0 aliphatic carbocycles. The largest absolute Gasteiger partial charge is 0.496 e. The Hall–Kier alpha value is -2.43. The number of ether oxygens (including phenoxy) is 1. The van der Waals surface area contributed by atoms with Crippen LogP contribution < -0.4 is 10.1 Å². The van der Waals surface area contributed by atoms with Gasteiger partial charge in [-0.05, 0) is 37.1 Å². The van der Waals surface area contributed by atoms with Crippen molar-refractivity contribution in [2.24, 2.45) is 0 Å². The summed E-state index contributed by atoms with van der Waals surface area (Å²) in [5.41, 5.74) is 1.44. The zero-order chi connectivity index (χ0) is 16.1. The van der Waals surface area contributed by atoms with Gasteiger partial charge < -0.3 is 10.1 Å². The topological polar surface area (TPSA) is 38.3 Å². The third-order valence-corrected chi connectivity index (χ3v) is 3.31. The summed E-state index contributed by atoms with van der Waals surface area (Å²) in [5, 5.41) is 2.53. The molecule has 0 aliphatic rings. The standard InChI is InChI=1S/C17H17F2NO2/c1-11-6-7-15(22-2)12(10-11)8-9-20-17(21)16-13(18)4-3-5-14(16)19/h3-7,10H,8-9H2,1-2H3,(H,20,21). The maximum Gasteiger partial charge on any atom is 0.257 e. The van der Waals surface area contributed by atoms with Crippen molar-refractivity contribution in [2.75, 3.05) is 13.7 Å². The quantitative estimate of drug-likeness (QED) is 0.921. The highest BCUT2D eigenvalue weighted by Gasteiger charge is 2.16. The van der Waals surface area contributed by atoms with Crippen LogP contribution in [0.5, 0.6) is 5.75 Å². The molecule has 0 spiro atoms. The molecule has 3 nitrogen and oxygen atoms in total. The molecule has 0 aliphatic heterocycles. The third kappa shape index (κ3) is 3.61. The predicted octanol–water partition coefficient (Wildman–Crippen LogP) is 3.25. The Morgan fingerprint density at radius 1 is 1.18 bits per heavy atom.